The number of rotatable bonds is 1. The van der Waals surface area contributed by atoms with Crippen molar-refractivity contribution in [3.63, 3.8) is 0 Å². The summed E-state index contributed by atoms with van der Waals surface area (Å²) in [6.45, 7) is 4.18. The van der Waals surface area contributed by atoms with Crippen molar-refractivity contribution in [2.45, 2.75) is 13.8 Å². The second kappa shape index (κ2) is 4.10. The third kappa shape index (κ3) is 1.87. The van der Waals surface area contributed by atoms with Crippen LogP contribution in [0, 0.1) is 13.8 Å². The lowest BCUT2D eigenvalue weighted by Gasteiger charge is -2.02. The molecule has 3 heteroatoms. The van der Waals surface area contributed by atoms with Gasteiger partial charge in [0.05, 0.1) is 10.2 Å². The molecule has 0 unspecified atom stereocenters. The lowest BCUT2D eigenvalue weighted by molar-refractivity contribution is 1.40. The van der Waals surface area contributed by atoms with Crippen LogP contribution in [-0.4, -0.2) is 4.98 Å². The van der Waals surface area contributed by atoms with Crippen molar-refractivity contribution in [2.24, 2.45) is 0 Å². The zero-order valence-corrected chi connectivity index (χ0v) is 11.2. The second-order valence-electron chi connectivity index (χ2n) is 4.56. The molecule has 0 atom stereocenters. The average molecular weight is 254 g/mol. The molecule has 1 heterocycles. The molecular weight excluding hydrogens is 240 g/mol. The Hall–Kier alpha value is -1.87. The molecule has 2 nitrogen and oxygen atoms in total. The Bertz CT molecular complexity index is 728. The summed E-state index contributed by atoms with van der Waals surface area (Å²) in [5.41, 5.74) is 11.3. The van der Waals surface area contributed by atoms with Crippen molar-refractivity contribution in [1.82, 2.24) is 4.98 Å². The third-order valence-corrected chi connectivity index (χ3v) is 4.10. The van der Waals surface area contributed by atoms with E-state index in [1.807, 2.05) is 18.2 Å². The van der Waals surface area contributed by atoms with Crippen LogP contribution in [0.1, 0.15) is 11.1 Å². The number of thiazole rings is 1. The molecule has 2 N–H and O–H groups in total. The quantitative estimate of drug-likeness (QED) is 0.662. The number of aryl methyl sites for hydroxylation is 2. The van der Waals surface area contributed by atoms with Crippen molar-refractivity contribution in [3.05, 3.63) is 47.5 Å². The number of aromatic nitrogens is 1. The van der Waals surface area contributed by atoms with Gasteiger partial charge in [-0.2, -0.15) is 0 Å². The molecule has 3 aromatic rings. The molecule has 18 heavy (non-hydrogen) atoms. The lowest BCUT2D eigenvalue weighted by atomic mass is 10.1. The Morgan fingerprint density at radius 2 is 1.89 bits per heavy atom. The number of fused-ring (bicyclic) bond motifs is 1. The minimum atomic E-state index is 0.783. The normalized spacial score (nSPS) is 11.0. The standard InChI is InChI=1S/C15H14N2S/c1-9-3-6-14-13(7-9)17-15(18-14)12-8-11(16)5-4-10(12)2/h3-8H,16H2,1-2H3. The molecule has 0 aliphatic heterocycles. The average Bonchev–Trinajstić information content (AvgIpc) is 2.74. The molecule has 2 aromatic carbocycles. The van der Waals surface area contributed by atoms with Crippen LogP contribution in [0.2, 0.25) is 0 Å². The van der Waals surface area contributed by atoms with E-state index in [4.69, 9.17) is 10.7 Å². The fraction of sp³-hybridized carbons (Fsp3) is 0.133. The highest BCUT2D eigenvalue weighted by Crippen LogP contribution is 2.33. The molecule has 0 spiro atoms. The number of nitrogens with two attached hydrogens (primary N) is 1. The van der Waals surface area contributed by atoms with Gasteiger partial charge in [-0.1, -0.05) is 12.1 Å². The first kappa shape index (κ1) is 11.2. The van der Waals surface area contributed by atoms with Crippen molar-refractivity contribution in [3.8, 4) is 10.6 Å². The van der Waals surface area contributed by atoms with Crippen LogP contribution >= 0.6 is 11.3 Å². The van der Waals surface area contributed by atoms with Gasteiger partial charge in [0, 0.05) is 11.3 Å². The number of nitrogen functional groups attached to an aromatic ring is 1. The first-order chi connectivity index (χ1) is 8.63. The van der Waals surface area contributed by atoms with Gasteiger partial charge in [-0.05, 0) is 49.2 Å². The summed E-state index contributed by atoms with van der Waals surface area (Å²) >= 11 is 1.72. The van der Waals surface area contributed by atoms with Gasteiger partial charge in [-0.3, -0.25) is 0 Å². The van der Waals surface area contributed by atoms with Crippen LogP contribution < -0.4 is 5.73 Å². The van der Waals surface area contributed by atoms with E-state index >= 15 is 0 Å². The summed E-state index contributed by atoms with van der Waals surface area (Å²) in [6, 6.07) is 12.3. The largest absolute Gasteiger partial charge is 0.399 e. The maximum Gasteiger partial charge on any atom is 0.124 e. The number of benzene rings is 2. The van der Waals surface area contributed by atoms with Crippen LogP contribution in [0.25, 0.3) is 20.8 Å². The molecule has 0 radical (unpaired) electrons. The number of anilines is 1. The van der Waals surface area contributed by atoms with Gasteiger partial charge in [-0.15, -0.1) is 11.3 Å². The molecule has 0 aliphatic rings. The highest BCUT2D eigenvalue weighted by molar-refractivity contribution is 7.21. The zero-order valence-electron chi connectivity index (χ0n) is 10.4. The molecule has 0 amide bonds. The summed E-state index contributed by atoms with van der Waals surface area (Å²) < 4.78 is 1.22. The zero-order chi connectivity index (χ0) is 12.7. The van der Waals surface area contributed by atoms with Crippen molar-refractivity contribution in [2.75, 3.05) is 5.73 Å². The Morgan fingerprint density at radius 3 is 2.72 bits per heavy atom. The van der Waals surface area contributed by atoms with Crippen molar-refractivity contribution < 1.29 is 0 Å². The van der Waals surface area contributed by atoms with Gasteiger partial charge < -0.3 is 5.73 Å². The van der Waals surface area contributed by atoms with Gasteiger partial charge >= 0.3 is 0 Å². The van der Waals surface area contributed by atoms with E-state index in [0.717, 1.165) is 21.8 Å². The highest BCUT2D eigenvalue weighted by atomic mass is 32.1. The lowest BCUT2D eigenvalue weighted by Crippen LogP contribution is -1.88. The van der Waals surface area contributed by atoms with E-state index in [2.05, 4.69) is 32.0 Å². The van der Waals surface area contributed by atoms with Crippen LogP contribution in [0.15, 0.2) is 36.4 Å². The Morgan fingerprint density at radius 1 is 1.06 bits per heavy atom. The summed E-state index contributed by atoms with van der Waals surface area (Å²) in [7, 11) is 0. The first-order valence-corrected chi connectivity index (χ1v) is 6.69. The van der Waals surface area contributed by atoms with Crippen molar-refractivity contribution in [1.29, 1.82) is 0 Å². The minimum absolute atomic E-state index is 0.783. The number of hydrogen-bond acceptors (Lipinski definition) is 3. The molecule has 3 rings (SSSR count). The molecule has 0 saturated heterocycles. The molecule has 0 saturated carbocycles. The van der Waals surface area contributed by atoms with Gasteiger partial charge in [0.1, 0.15) is 5.01 Å². The molecular formula is C15H14N2S. The molecule has 1 aromatic heterocycles. The van der Waals surface area contributed by atoms with Gasteiger partial charge in [-0.25, -0.2) is 4.98 Å². The van der Waals surface area contributed by atoms with E-state index < -0.39 is 0 Å². The second-order valence-corrected chi connectivity index (χ2v) is 5.60. The predicted octanol–water partition coefficient (Wildman–Crippen LogP) is 4.16. The fourth-order valence-corrected chi connectivity index (χ4v) is 3.05. The summed E-state index contributed by atoms with van der Waals surface area (Å²) in [5, 5.41) is 1.04. The van der Waals surface area contributed by atoms with Gasteiger partial charge in [0.15, 0.2) is 0 Å². The van der Waals surface area contributed by atoms with E-state index in [9.17, 15) is 0 Å². The maximum absolute atomic E-state index is 5.86. The fourth-order valence-electron chi connectivity index (χ4n) is 2.02. The monoisotopic (exact) mass is 254 g/mol. The summed E-state index contributed by atoms with van der Waals surface area (Å²) in [5.74, 6) is 0. The number of hydrogen-bond donors (Lipinski definition) is 1. The van der Waals surface area contributed by atoms with Gasteiger partial charge in [0.2, 0.25) is 0 Å². The van der Waals surface area contributed by atoms with Crippen LogP contribution in [-0.2, 0) is 0 Å². The Balaban J connectivity index is 2.22. The van der Waals surface area contributed by atoms with E-state index in [1.54, 1.807) is 11.3 Å². The molecule has 0 fully saturated rings. The predicted molar refractivity (Wildman–Crippen MR) is 78.9 cm³/mol. The van der Waals surface area contributed by atoms with Crippen LogP contribution in [0.4, 0.5) is 5.69 Å². The smallest absolute Gasteiger partial charge is 0.124 e. The Kier molecular flexibility index (Phi) is 2.56. The topological polar surface area (TPSA) is 38.9 Å². The van der Waals surface area contributed by atoms with E-state index in [-0.39, 0.29) is 0 Å². The van der Waals surface area contributed by atoms with E-state index in [0.29, 0.717) is 0 Å². The maximum atomic E-state index is 5.86. The minimum Gasteiger partial charge on any atom is -0.399 e. The molecule has 0 bridgehead atoms. The Labute approximate surface area is 110 Å². The third-order valence-electron chi connectivity index (χ3n) is 3.04. The summed E-state index contributed by atoms with van der Waals surface area (Å²) in [6.07, 6.45) is 0. The summed E-state index contributed by atoms with van der Waals surface area (Å²) in [4.78, 5) is 4.71. The van der Waals surface area contributed by atoms with Crippen LogP contribution in [0.5, 0.6) is 0 Å². The van der Waals surface area contributed by atoms with Gasteiger partial charge in [0.25, 0.3) is 0 Å². The van der Waals surface area contributed by atoms with E-state index in [1.165, 1.54) is 15.8 Å². The van der Waals surface area contributed by atoms with Crippen molar-refractivity contribution >= 4 is 27.2 Å². The SMILES string of the molecule is Cc1ccc2sc(-c3cc(N)ccc3C)nc2c1. The molecule has 0 aliphatic carbocycles. The highest BCUT2D eigenvalue weighted by Gasteiger charge is 2.09. The molecule has 90 valence electrons. The number of nitrogens with zero attached hydrogens (tertiary/aromatic N) is 1. The van der Waals surface area contributed by atoms with Crippen LogP contribution in [0.3, 0.4) is 0 Å². The first-order valence-electron chi connectivity index (χ1n) is 5.87.